The van der Waals surface area contributed by atoms with Crippen molar-refractivity contribution in [1.82, 2.24) is 0 Å². The van der Waals surface area contributed by atoms with E-state index in [1.165, 1.54) is 12.0 Å². The van der Waals surface area contributed by atoms with Gasteiger partial charge in [-0.3, -0.25) is 4.79 Å². The van der Waals surface area contributed by atoms with E-state index in [1.807, 2.05) is 18.2 Å². The van der Waals surface area contributed by atoms with E-state index in [0.29, 0.717) is 18.3 Å². The van der Waals surface area contributed by atoms with Crippen molar-refractivity contribution in [3.8, 4) is 0 Å². The van der Waals surface area contributed by atoms with E-state index in [2.05, 4.69) is 18.3 Å². The van der Waals surface area contributed by atoms with Crippen LogP contribution in [0.4, 0.5) is 5.69 Å². The predicted molar refractivity (Wildman–Crippen MR) is 86.5 cm³/mol. The smallest absolute Gasteiger partial charge is 0.230 e. The van der Waals surface area contributed by atoms with Crippen LogP contribution in [0.5, 0.6) is 0 Å². The number of benzene rings is 1. The fraction of sp³-hybridized carbons (Fsp3) is 0.632. The summed E-state index contributed by atoms with van der Waals surface area (Å²) in [7, 11) is 0. The normalized spacial score (nSPS) is 39.0. The predicted octanol–water partition coefficient (Wildman–Crippen LogP) is 3.52. The molecule has 2 unspecified atom stereocenters. The van der Waals surface area contributed by atoms with Crippen molar-refractivity contribution in [2.24, 2.45) is 17.3 Å². The van der Waals surface area contributed by atoms with Gasteiger partial charge in [0.15, 0.2) is 0 Å². The minimum absolute atomic E-state index is 0.140. The average molecular weight is 299 g/mol. The molecular formula is C19H25NO2. The molecular weight excluding hydrogens is 274 g/mol. The van der Waals surface area contributed by atoms with Crippen LogP contribution >= 0.6 is 0 Å². The lowest BCUT2D eigenvalue weighted by Gasteiger charge is -2.59. The molecule has 2 N–H and O–H groups in total. The zero-order valence-corrected chi connectivity index (χ0v) is 13.3. The van der Waals surface area contributed by atoms with Gasteiger partial charge >= 0.3 is 0 Å². The standard InChI is InChI=1S/C19H25NO2/c1-2-15-5-3-4-6-16(15)20-17(21)18-8-13-7-14(9-18)11-19(22,10-13)12-18/h3-6,13-14,22H,2,7-12H2,1H3,(H,20,21)/t13-,14+,18?,19?. The molecule has 1 aromatic rings. The molecule has 3 nitrogen and oxygen atoms in total. The molecule has 4 bridgehead atoms. The first-order valence-corrected chi connectivity index (χ1v) is 8.64. The number of rotatable bonds is 3. The Kier molecular flexibility index (Phi) is 3.12. The van der Waals surface area contributed by atoms with Crippen molar-refractivity contribution in [3.63, 3.8) is 0 Å². The Balaban J connectivity index is 1.60. The highest BCUT2D eigenvalue weighted by Gasteiger charge is 2.60. The van der Waals surface area contributed by atoms with E-state index in [0.717, 1.165) is 37.8 Å². The number of carbonyl (C=O) groups excluding carboxylic acids is 1. The maximum Gasteiger partial charge on any atom is 0.230 e. The first-order chi connectivity index (χ1) is 10.5. The maximum absolute atomic E-state index is 13.1. The molecule has 0 saturated heterocycles. The third-order valence-corrected chi connectivity index (χ3v) is 6.16. The molecule has 0 radical (unpaired) electrons. The number of hydrogen-bond donors (Lipinski definition) is 2. The highest BCUT2D eigenvalue weighted by Crippen LogP contribution is 2.61. The van der Waals surface area contributed by atoms with E-state index in [9.17, 15) is 9.90 Å². The van der Waals surface area contributed by atoms with Gasteiger partial charge in [0.2, 0.25) is 5.91 Å². The molecule has 0 aromatic heterocycles. The third-order valence-electron chi connectivity index (χ3n) is 6.16. The number of amides is 1. The van der Waals surface area contributed by atoms with E-state index in [1.54, 1.807) is 0 Å². The van der Waals surface area contributed by atoms with Crippen molar-refractivity contribution in [2.45, 2.75) is 57.5 Å². The molecule has 4 atom stereocenters. The minimum atomic E-state index is -0.578. The van der Waals surface area contributed by atoms with Gasteiger partial charge in [0.05, 0.1) is 11.0 Å². The molecule has 4 aliphatic rings. The van der Waals surface area contributed by atoms with Gasteiger partial charge in [0.25, 0.3) is 0 Å². The monoisotopic (exact) mass is 299 g/mol. The molecule has 22 heavy (non-hydrogen) atoms. The highest BCUT2D eigenvalue weighted by molar-refractivity contribution is 5.96. The van der Waals surface area contributed by atoms with Crippen LogP contribution in [0, 0.1) is 17.3 Å². The zero-order chi connectivity index (χ0) is 15.4. The van der Waals surface area contributed by atoms with E-state index < -0.39 is 5.60 Å². The fourth-order valence-corrected chi connectivity index (χ4v) is 5.69. The zero-order valence-electron chi connectivity index (χ0n) is 13.3. The number of hydrogen-bond acceptors (Lipinski definition) is 2. The molecule has 118 valence electrons. The number of carbonyl (C=O) groups is 1. The van der Waals surface area contributed by atoms with Gasteiger partial charge in [-0.25, -0.2) is 0 Å². The quantitative estimate of drug-likeness (QED) is 0.897. The molecule has 4 aliphatic carbocycles. The second-order valence-electron chi connectivity index (χ2n) is 7.93. The van der Waals surface area contributed by atoms with Gasteiger partial charge < -0.3 is 10.4 Å². The summed E-state index contributed by atoms with van der Waals surface area (Å²) in [5.74, 6) is 1.22. The number of aryl methyl sites for hydroxylation is 1. The molecule has 0 spiro atoms. The lowest BCUT2D eigenvalue weighted by atomic mass is 9.47. The van der Waals surface area contributed by atoms with Gasteiger partial charge in [-0.1, -0.05) is 25.1 Å². The molecule has 4 fully saturated rings. The number of anilines is 1. The van der Waals surface area contributed by atoms with Gasteiger partial charge in [-0.2, -0.15) is 0 Å². The van der Waals surface area contributed by atoms with Crippen molar-refractivity contribution < 1.29 is 9.90 Å². The third kappa shape index (κ3) is 2.18. The summed E-state index contributed by atoms with van der Waals surface area (Å²) in [6.45, 7) is 2.11. The van der Waals surface area contributed by atoms with Crippen LogP contribution in [0.1, 0.15) is 51.0 Å². The van der Waals surface area contributed by atoms with Crippen molar-refractivity contribution >= 4 is 11.6 Å². The van der Waals surface area contributed by atoms with Gasteiger partial charge in [-0.15, -0.1) is 0 Å². The summed E-state index contributed by atoms with van der Waals surface area (Å²) in [4.78, 5) is 13.1. The SMILES string of the molecule is CCc1ccccc1NC(=O)C12C[C@@H]3C[C@@H](CC(O)(C3)C1)C2. The Morgan fingerprint density at radius 2 is 1.91 bits per heavy atom. The topological polar surface area (TPSA) is 49.3 Å². The van der Waals surface area contributed by atoms with Crippen LogP contribution in [-0.4, -0.2) is 16.6 Å². The lowest BCUT2D eigenvalue weighted by molar-refractivity contribution is -0.174. The summed E-state index contributed by atoms with van der Waals surface area (Å²) in [5.41, 5.74) is 1.21. The summed E-state index contributed by atoms with van der Waals surface area (Å²) >= 11 is 0. The van der Waals surface area contributed by atoms with E-state index in [-0.39, 0.29) is 11.3 Å². The van der Waals surface area contributed by atoms with Crippen LogP contribution in [0.2, 0.25) is 0 Å². The molecule has 5 rings (SSSR count). The molecule has 1 amide bonds. The maximum atomic E-state index is 13.1. The van der Waals surface area contributed by atoms with Crippen LogP contribution in [0.3, 0.4) is 0 Å². The van der Waals surface area contributed by atoms with Gasteiger partial charge in [0.1, 0.15) is 0 Å². The Bertz CT molecular complexity index is 595. The average Bonchev–Trinajstić information content (AvgIpc) is 2.45. The number of aliphatic hydroxyl groups is 1. The second kappa shape index (κ2) is 4.82. The van der Waals surface area contributed by atoms with Gasteiger partial charge in [0, 0.05) is 5.69 Å². The largest absolute Gasteiger partial charge is 0.390 e. The van der Waals surface area contributed by atoms with Crippen LogP contribution in [0.25, 0.3) is 0 Å². The first-order valence-electron chi connectivity index (χ1n) is 8.64. The Morgan fingerprint density at radius 3 is 2.55 bits per heavy atom. The summed E-state index contributed by atoms with van der Waals surface area (Å²) < 4.78 is 0. The van der Waals surface area contributed by atoms with Crippen LogP contribution in [0.15, 0.2) is 24.3 Å². The van der Waals surface area contributed by atoms with Crippen molar-refractivity contribution in [2.75, 3.05) is 5.32 Å². The van der Waals surface area contributed by atoms with Crippen molar-refractivity contribution in [3.05, 3.63) is 29.8 Å². The Labute approximate surface area is 132 Å². The van der Waals surface area contributed by atoms with Gasteiger partial charge in [-0.05, 0) is 68.4 Å². The lowest BCUT2D eigenvalue weighted by Crippen LogP contribution is -2.59. The number of para-hydroxylation sites is 1. The van der Waals surface area contributed by atoms with Crippen LogP contribution in [-0.2, 0) is 11.2 Å². The highest BCUT2D eigenvalue weighted by atomic mass is 16.3. The first kappa shape index (κ1) is 14.3. The Morgan fingerprint density at radius 1 is 1.23 bits per heavy atom. The number of nitrogens with one attached hydrogen (secondary N) is 1. The summed E-state index contributed by atoms with van der Waals surface area (Å²) in [5, 5.41) is 14.0. The van der Waals surface area contributed by atoms with E-state index in [4.69, 9.17) is 0 Å². The van der Waals surface area contributed by atoms with Crippen molar-refractivity contribution in [1.29, 1.82) is 0 Å². The molecule has 4 saturated carbocycles. The second-order valence-corrected chi connectivity index (χ2v) is 7.93. The molecule has 0 aliphatic heterocycles. The fourth-order valence-electron chi connectivity index (χ4n) is 5.69. The van der Waals surface area contributed by atoms with E-state index >= 15 is 0 Å². The minimum Gasteiger partial charge on any atom is -0.390 e. The molecule has 3 heteroatoms. The molecule has 1 aromatic carbocycles. The summed E-state index contributed by atoms with van der Waals surface area (Å²) in [6.07, 6.45) is 6.53. The van der Waals surface area contributed by atoms with Crippen LogP contribution < -0.4 is 5.32 Å². The Hall–Kier alpha value is -1.35. The molecule has 0 heterocycles. The summed E-state index contributed by atoms with van der Waals surface area (Å²) in [6, 6.07) is 8.05.